The molecule has 1 aromatic carbocycles. The molecule has 2 aromatic rings. The summed E-state index contributed by atoms with van der Waals surface area (Å²) < 4.78 is 31.4. The second-order valence-corrected chi connectivity index (χ2v) is 5.84. The summed E-state index contributed by atoms with van der Waals surface area (Å²) in [5.41, 5.74) is 1.93. The molecule has 0 spiro atoms. The Morgan fingerprint density at radius 1 is 1.42 bits per heavy atom. The average Bonchev–Trinajstić information content (AvgIpc) is 2.98. The summed E-state index contributed by atoms with van der Waals surface area (Å²) in [6.45, 7) is -0.153. The fourth-order valence-corrected chi connectivity index (χ4v) is 2.92. The molecule has 1 N–H and O–H groups in total. The van der Waals surface area contributed by atoms with E-state index in [1.165, 1.54) is 6.07 Å². The van der Waals surface area contributed by atoms with Crippen molar-refractivity contribution in [2.24, 2.45) is 0 Å². The number of nitrogens with zero attached hydrogens (tertiary/aromatic N) is 2. The number of hydrogen-bond donors (Lipinski definition) is 1. The standard InChI is InChI=1S/C17H19F2N3O2/c1-11-5-6-14(24-17(18)19)12(8-11)9-21-16(23)13-10-20-15-4-2-3-7-22(13)15/h5-6,8,10,17H,2-4,7,9H2,1H3,(H,21,23). The molecule has 0 bridgehead atoms. The lowest BCUT2D eigenvalue weighted by atomic mass is 10.1. The van der Waals surface area contributed by atoms with Gasteiger partial charge in [0.25, 0.3) is 5.91 Å². The van der Waals surface area contributed by atoms with Crippen LogP contribution in [0.15, 0.2) is 24.4 Å². The zero-order chi connectivity index (χ0) is 17.1. The smallest absolute Gasteiger partial charge is 0.387 e. The van der Waals surface area contributed by atoms with E-state index in [1.54, 1.807) is 18.3 Å². The fraction of sp³-hybridized carbons (Fsp3) is 0.412. The average molecular weight is 335 g/mol. The minimum atomic E-state index is -2.90. The predicted molar refractivity (Wildman–Crippen MR) is 84.1 cm³/mol. The molecule has 2 heterocycles. The van der Waals surface area contributed by atoms with Crippen LogP contribution in [0.5, 0.6) is 5.75 Å². The number of nitrogens with one attached hydrogen (secondary N) is 1. The summed E-state index contributed by atoms with van der Waals surface area (Å²) in [5.74, 6) is 0.732. The van der Waals surface area contributed by atoms with Gasteiger partial charge in [-0.15, -0.1) is 0 Å². The van der Waals surface area contributed by atoms with Crippen LogP contribution in [0.25, 0.3) is 0 Å². The molecule has 24 heavy (non-hydrogen) atoms. The molecule has 0 fully saturated rings. The van der Waals surface area contributed by atoms with Crippen molar-refractivity contribution in [3.8, 4) is 5.75 Å². The summed E-state index contributed by atoms with van der Waals surface area (Å²) in [6, 6.07) is 4.91. The second-order valence-electron chi connectivity index (χ2n) is 5.84. The van der Waals surface area contributed by atoms with Gasteiger partial charge in [0.15, 0.2) is 0 Å². The highest BCUT2D eigenvalue weighted by atomic mass is 19.3. The maximum atomic E-state index is 12.5. The first-order valence-electron chi connectivity index (χ1n) is 7.91. The predicted octanol–water partition coefficient (Wildman–Crippen LogP) is 3.06. The number of aryl methyl sites for hydroxylation is 2. The van der Waals surface area contributed by atoms with Crippen molar-refractivity contribution in [2.45, 2.75) is 45.9 Å². The number of ether oxygens (including phenoxy) is 1. The number of carbonyl (C=O) groups is 1. The Morgan fingerprint density at radius 3 is 3.04 bits per heavy atom. The topological polar surface area (TPSA) is 56.1 Å². The van der Waals surface area contributed by atoms with Gasteiger partial charge in [-0.05, 0) is 25.8 Å². The van der Waals surface area contributed by atoms with Crippen LogP contribution >= 0.6 is 0 Å². The van der Waals surface area contributed by atoms with Crippen LogP contribution in [-0.4, -0.2) is 22.1 Å². The largest absolute Gasteiger partial charge is 0.434 e. The first-order chi connectivity index (χ1) is 11.5. The highest BCUT2D eigenvalue weighted by molar-refractivity contribution is 5.92. The zero-order valence-corrected chi connectivity index (χ0v) is 13.4. The summed E-state index contributed by atoms with van der Waals surface area (Å²) in [5, 5.41) is 2.77. The zero-order valence-electron chi connectivity index (χ0n) is 13.4. The summed E-state index contributed by atoms with van der Waals surface area (Å²) in [4.78, 5) is 16.7. The van der Waals surface area contributed by atoms with Crippen molar-refractivity contribution in [1.82, 2.24) is 14.9 Å². The van der Waals surface area contributed by atoms with Gasteiger partial charge in [-0.2, -0.15) is 8.78 Å². The number of amides is 1. The maximum Gasteiger partial charge on any atom is 0.387 e. The number of halogens is 2. The molecular formula is C17H19F2N3O2. The Kier molecular flexibility index (Phi) is 4.78. The molecule has 1 amide bonds. The van der Waals surface area contributed by atoms with Gasteiger partial charge < -0.3 is 14.6 Å². The van der Waals surface area contributed by atoms with Gasteiger partial charge in [0.1, 0.15) is 17.3 Å². The van der Waals surface area contributed by atoms with E-state index in [0.717, 1.165) is 37.2 Å². The van der Waals surface area contributed by atoms with Crippen molar-refractivity contribution in [1.29, 1.82) is 0 Å². The van der Waals surface area contributed by atoms with E-state index in [9.17, 15) is 13.6 Å². The molecule has 1 aromatic heterocycles. The van der Waals surface area contributed by atoms with Gasteiger partial charge >= 0.3 is 6.61 Å². The Hall–Kier alpha value is -2.44. The highest BCUT2D eigenvalue weighted by Gasteiger charge is 2.19. The third-order valence-electron chi connectivity index (χ3n) is 4.07. The summed E-state index contributed by atoms with van der Waals surface area (Å²) in [7, 11) is 0. The number of fused-ring (bicyclic) bond motifs is 1. The molecule has 0 unspecified atom stereocenters. The molecule has 128 valence electrons. The van der Waals surface area contributed by atoms with Gasteiger partial charge in [-0.25, -0.2) is 4.98 Å². The van der Waals surface area contributed by atoms with E-state index < -0.39 is 6.61 Å². The quantitative estimate of drug-likeness (QED) is 0.914. The van der Waals surface area contributed by atoms with Crippen molar-refractivity contribution < 1.29 is 18.3 Å². The van der Waals surface area contributed by atoms with Crippen LogP contribution in [0.3, 0.4) is 0 Å². The number of hydrogen-bond acceptors (Lipinski definition) is 3. The van der Waals surface area contributed by atoms with E-state index >= 15 is 0 Å². The van der Waals surface area contributed by atoms with E-state index in [1.807, 2.05) is 11.5 Å². The Bertz CT molecular complexity index is 743. The lowest BCUT2D eigenvalue weighted by molar-refractivity contribution is -0.0504. The normalized spacial score (nSPS) is 13.7. The molecule has 1 aliphatic heterocycles. The van der Waals surface area contributed by atoms with Crippen LogP contribution in [-0.2, 0) is 19.5 Å². The van der Waals surface area contributed by atoms with Gasteiger partial charge in [0.05, 0.1) is 6.20 Å². The number of benzene rings is 1. The van der Waals surface area contributed by atoms with Crippen LogP contribution in [0.4, 0.5) is 8.78 Å². The van der Waals surface area contributed by atoms with E-state index in [-0.39, 0.29) is 18.2 Å². The van der Waals surface area contributed by atoms with Gasteiger partial charge in [0, 0.05) is 25.1 Å². The van der Waals surface area contributed by atoms with E-state index in [2.05, 4.69) is 15.0 Å². The van der Waals surface area contributed by atoms with E-state index in [4.69, 9.17) is 0 Å². The molecule has 0 saturated heterocycles. The van der Waals surface area contributed by atoms with Crippen molar-refractivity contribution in [3.63, 3.8) is 0 Å². The third kappa shape index (κ3) is 3.55. The fourth-order valence-electron chi connectivity index (χ4n) is 2.92. The highest BCUT2D eigenvalue weighted by Crippen LogP contribution is 2.22. The van der Waals surface area contributed by atoms with Crippen molar-refractivity contribution in [2.75, 3.05) is 0 Å². The van der Waals surface area contributed by atoms with Crippen LogP contribution < -0.4 is 10.1 Å². The molecule has 7 heteroatoms. The number of aromatic nitrogens is 2. The van der Waals surface area contributed by atoms with Gasteiger partial charge in [-0.1, -0.05) is 17.7 Å². The summed E-state index contributed by atoms with van der Waals surface area (Å²) >= 11 is 0. The summed E-state index contributed by atoms with van der Waals surface area (Å²) in [6.07, 6.45) is 4.55. The minimum Gasteiger partial charge on any atom is -0.434 e. The Morgan fingerprint density at radius 2 is 2.25 bits per heavy atom. The van der Waals surface area contributed by atoms with Crippen molar-refractivity contribution in [3.05, 3.63) is 47.0 Å². The monoisotopic (exact) mass is 335 g/mol. The number of carbonyl (C=O) groups excluding carboxylic acids is 1. The van der Waals surface area contributed by atoms with E-state index in [0.29, 0.717) is 11.3 Å². The molecule has 1 aliphatic rings. The molecular weight excluding hydrogens is 316 g/mol. The SMILES string of the molecule is Cc1ccc(OC(F)F)c(CNC(=O)c2cnc3n2CCCC3)c1. The molecule has 0 aliphatic carbocycles. The third-order valence-corrected chi connectivity index (χ3v) is 4.07. The van der Waals surface area contributed by atoms with Gasteiger partial charge in [-0.3, -0.25) is 4.79 Å². The number of imidazole rings is 1. The van der Waals surface area contributed by atoms with Crippen LogP contribution in [0.2, 0.25) is 0 Å². The van der Waals surface area contributed by atoms with Gasteiger partial charge in [0.2, 0.25) is 0 Å². The molecule has 0 atom stereocenters. The Balaban J connectivity index is 1.72. The first kappa shape index (κ1) is 16.4. The lowest BCUT2D eigenvalue weighted by Crippen LogP contribution is -2.27. The second kappa shape index (κ2) is 6.98. The molecule has 0 saturated carbocycles. The Labute approximate surface area is 138 Å². The van der Waals surface area contributed by atoms with Crippen LogP contribution in [0, 0.1) is 6.92 Å². The first-order valence-corrected chi connectivity index (χ1v) is 7.91. The lowest BCUT2D eigenvalue weighted by Gasteiger charge is -2.16. The maximum absolute atomic E-state index is 12.5. The minimum absolute atomic E-state index is 0.0752. The molecule has 5 nitrogen and oxygen atoms in total. The molecule has 3 rings (SSSR count). The van der Waals surface area contributed by atoms with Crippen LogP contribution in [0.1, 0.15) is 40.3 Å². The number of alkyl halides is 2. The number of rotatable bonds is 5. The van der Waals surface area contributed by atoms with Crippen molar-refractivity contribution >= 4 is 5.91 Å². The molecule has 0 radical (unpaired) electrons.